The molecule has 0 radical (unpaired) electrons. The van der Waals surface area contributed by atoms with Gasteiger partial charge >= 0.3 is 0 Å². The van der Waals surface area contributed by atoms with Gasteiger partial charge in [0.1, 0.15) is 0 Å². The van der Waals surface area contributed by atoms with Gasteiger partial charge in [-0.15, -0.1) is 0 Å². The van der Waals surface area contributed by atoms with E-state index in [0.717, 1.165) is 28.2 Å². The lowest BCUT2D eigenvalue weighted by atomic mass is 9.99. The smallest absolute Gasteiger partial charge is 0.151 e. The lowest BCUT2D eigenvalue weighted by molar-refractivity contribution is 0.112. The monoisotopic (exact) mass is 256 g/mol. The van der Waals surface area contributed by atoms with Crippen LogP contribution in [0.3, 0.4) is 0 Å². The van der Waals surface area contributed by atoms with Crippen molar-refractivity contribution >= 4 is 17.1 Å². The van der Waals surface area contributed by atoms with Crippen LogP contribution in [0.2, 0.25) is 0 Å². The first-order chi connectivity index (χ1) is 9.88. The van der Waals surface area contributed by atoms with Crippen LogP contribution in [-0.2, 0) is 0 Å². The zero-order chi connectivity index (χ0) is 13.8. The quantitative estimate of drug-likeness (QED) is 0.474. The Hall–Kier alpha value is -2.85. The van der Waals surface area contributed by atoms with Gasteiger partial charge in [0.15, 0.2) is 6.29 Å². The highest BCUT2D eigenvalue weighted by atomic mass is 16.1. The van der Waals surface area contributed by atoms with Crippen molar-refractivity contribution in [1.82, 2.24) is 0 Å². The zero-order valence-corrected chi connectivity index (χ0v) is 10.8. The van der Waals surface area contributed by atoms with E-state index in [2.05, 4.69) is 11.8 Å². The van der Waals surface area contributed by atoms with Crippen LogP contribution in [0.25, 0.3) is 10.8 Å². The van der Waals surface area contributed by atoms with E-state index in [9.17, 15) is 4.79 Å². The predicted molar refractivity (Wildman–Crippen MR) is 81.8 cm³/mol. The Balaban J connectivity index is 2.20. The normalized spacial score (nSPS) is 9.80. The molecule has 0 unspecified atom stereocenters. The molecule has 0 bridgehead atoms. The molecule has 0 aliphatic heterocycles. The van der Waals surface area contributed by atoms with Crippen molar-refractivity contribution in [2.45, 2.75) is 0 Å². The number of benzene rings is 3. The van der Waals surface area contributed by atoms with Crippen molar-refractivity contribution in [2.75, 3.05) is 0 Å². The molecular formula is C19H12O. The third-order valence-electron chi connectivity index (χ3n) is 3.19. The SMILES string of the molecule is O=Cc1ccc2ccccc2c1C#Cc1ccccc1. The summed E-state index contributed by atoms with van der Waals surface area (Å²) >= 11 is 0. The predicted octanol–water partition coefficient (Wildman–Crippen LogP) is 4.05. The molecule has 0 atom stereocenters. The van der Waals surface area contributed by atoms with Gasteiger partial charge in [0.25, 0.3) is 0 Å². The average Bonchev–Trinajstić information content (AvgIpc) is 2.53. The molecule has 0 aliphatic carbocycles. The van der Waals surface area contributed by atoms with Gasteiger partial charge in [-0.3, -0.25) is 4.79 Å². The van der Waals surface area contributed by atoms with Gasteiger partial charge in [0.05, 0.1) is 0 Å². The van der Waals surface area contributed by atoms with Crippen molar-refractivity contribution in [2.24, 2.45) is 0 Å². The molecule has 0 amide bonds. The molecule has 3 aromatic carbocycles. The van der Waals surface area contributed by atoms with Gasteiger partial charge in [-0.05, 0) is 29.0 Å². The summed E-state index contributed by atoms with van der Waals surface area (Å²) in [5, 5.41) is 2.11. The minimum absolute atomic E-state index is 0.632. The van der Waals surface area contributed by atoms with E-state index >= 15 is 0 Å². The van der Waals surface area contributed by atoms with E-state index in [1.165, 1.54) is 0 Å². The maximum absolute atomic E-state index is 11.2. The fourth-order valence-corrected chi connectivity index (χ4v) is 2.18. The second-order valence-electron chi connectivity index (χ2n) is 4.48. The zero-order valence-electron chi connectivity index (χ0n) is 10.8. The first kappa shape index (κ1) is 12.2. The third-order valence-corrected chi connectivity index (χ3v) is 3.19. The van der Waals surface area contributed by atoms with Gasteiger partial charge in [-0.2, -0.15) is 0 Å². The lowest BCUT2D eigenvalue weighted by Crippen LogP contribution is -1.89. The van der Waals surface area contributed by atoms with E-state index in [1.807, 2.05) is 66.7 Å². The molecule has 0 aromatic heterocycles. The Bertz CT molecular complexity index is 821. The Kier molecular flexibility index (Phi) is 3.31. The van der Waals surface area contributed by atoms with Crippen LogP contribution in [0.1, 0.15) is 21.5 Å². The van der Waals surface area contributed by atoms with Crippen LogP contribution >= 0.6 is 0 Å². The van der Waals surface area contributed by atoms with Crippen molar-refractivity contribution < 1.29 is 4.79 Å². The molecule has 3 aromatic rings. The number of carbonyl (C=O) groups is 1. The number of aldehydes is 1. The van der Waals surface area contributed by atoms with E-state index < -0.39 is 0 Å². The molecule has 3 rings (SSSR count). The molecule has 1 heteroatoms. The summed E-state index contributed by atoms with van der Waals surface area (Å²) in [4.78, 5) is 11.2. The summed E-state index contributed by atoms with van der Waals surface area (Å²) in [6, 6.07) is 21.5. The van der Waals surface area contributed by atoms with Crippen molar-refractivity contribution in [3.63, 3.8) is 0 Å². The van der Waals surface area contributed by atoms with E-state index in [-0.39, 0.29) is 0 Å². The highest BCUT2D eigenvalue weighted by molar-refractivity contribution is 5.95. The largest absolute Gasteiger partial charge is 0.298 e. The van der Waals surface area contributed by atoms with Gasteiger partial charge in [0.2, 0.25) is 0 Å². The van der Waals surface area contributed by atoms with Crippen LogP contribution in [-0.4, -0.2) is 6.29 Å². The average molecular weight is 256 g/mol. The standard InChI is InChI=1S/C19H12O/c20-14-17-12-11-16-8-4-5-9-18(16)19(17)13-10-15-6-2-1-3-7-15/h1-9,11-12,14H. The van der Waals surface area contributed by atoms with Crippen LogP contribution in [0.5, 0.6) is 0 Å². The van der Waals surface area contributed by atoms with Gasteiger partial charge in [-0.1, -0.05) is 60.4 Å². The number of fused-ring (bicyclic) bond motifs is 1. The minimum atomic E-state index is 0.632. The molecular weight excluding hydrogens is 244 g/mol. The number of hydrogen-bond acceptors (Lipinski definition) is 1. The molecule has 0 aliphatic rings. The topological polar surface area (TPSA) is 17.1 Å². The summed E-state index contributed by atoms with van der Waals surface area (Å²) in [6.07, 6.45) is 0.863. The lowest BCUT2D eigenvalue weighted by Gasteiger charge is -2.03. The molecule has 0 spiro atoms. The summed E-state index contributed by atoms with van der Waals surface area (Å²) < 4.78 is 0. The molecule has 0 heterocycles. The van der Waals surface area contributed by atoms with E-state index in [0.29, 0.717) is 5.56 Å². The molecule has 0 N–H and O–H groups in total. The summed E-state index contributed by atoms with van der Waals surface area (Å²) in [7, 11) is 0. The Labute approximate surface area is 117 Å². The molecule has 94 valence electrons. The number of rotatable bonds is 1. The Morgan fingerprint density at radius 1 is 0.750 bits per heavy atom. The summed E-state index contributed by atoms with van der Waals surface area (Å²) in [5.74, 6) is 6.26. The fraction of sp³-hybridized carbons (Fsp3) is 0. The van der Waals surface area contributed by atoms with Gasteiger partial charge < -0.3 is 0 Å². The van der Waals surface area contributed by atoms with E-state index in [4.69, 9.17) is 0 Å². The molecule has 0 saturated carbocycles. The van der Waals surface area contributed by atoms with Crippen LogP contribution < -0.4 is 0 Å². The van der Waals surface area contributed by atoms with Gasteiger partial charge in [-0.25, -0.2) is 0 Å². The van der Waals surface area contributed by atoms with Crippen molar-refractivity contribution in [3.05, 3.63) is 83.4 Å². The first-order valence-corrected chi connectivity index (χ1v) is 6.42. The summed E-state index contributed by atoms with van der Waals surface area (Å²) in [5.41, 5.74) is 2.37. The van der Waals surface area contributed by atoms with Crippen LogP contribution in [0, 0.1) is 11.8 Å². The molecule has 0 fully saturated rings. The van der Waals surface area contributed by atoms with E-state index in [1.54, 1.807) is 0 Å². The minimum Gasteiger partial charge on any atom is -0.298 e. The molecule has 1 nitrogen and oxygen atoms in total. The maximum atomic E-state index is 11.2. The van der Waals surface area contributed by atoms with Gasteiger partial charge in [0, 0.05) is 16.7 Å². The number of carbonyl (C=O) groups excluding carboxylic acids is 1. The second kappa shape index (κ2) is 5.42. The fourth-order valence-electron chi connectivity index (χ4n) is 2.18. The number of hydrogen-bond donors (Lipinski definition) is 0. The first-order valence-electron chi connectivity index (χ1n) is 6.42. The Morgan fingerprint density at radius 2 is 1.50 bits per heavy atom. The molecule has 0 saturated heterocycles. The molecule has 20 heavy (non-hydrogen) atoms. The second-order valence-corrected chi connectivity index (χ2v) is 4.48. The summed E-state index contributed by atoms with van der Waals surface area (Å²) in [6.45, 7) is 0. The van der Waals surface area contributed by atoms with Crippen LogP contribution in [0.15, 0.2) is 66.7 Å². The van der Waals surface area contributed by atoms with Crippen molar-refractivity contribution in [3.8, 4) is 11.8 Å². The Morgan fingerprint density at radius 3 is 2.30 bits per heavy atom. The highest BCUT2D eigenvalue weighted by Gasteiger charge is 2.04. The van der Waals surface area contributed by atoms with Crippen LogP contribution in [0.4, 0.5) is 0 Å². The third kappa shape index (κ3) is 2.32. The van der Waals surface area contributed by atoms with Crippen molar-refractivity contribution in [1.29, 1.82) is 0 Å². The highest BCUT2D eigenvalue weighted by Crippen LogP contribution is 2.21. The maximum Gasteiger partial charge on any atom is 0.151 e.